The van der Waals surface area contributed by atoms with Gasteiger partial charge in [-0.15, -0.1) is 0 Å². The molecule has 1 heterocycles. The van der Waals surface area contributed by atoms with Crippen molar-refractivity contribution in [2.75, 3.05) is 37.6 Å². The predicted molar refractivity (Wildman–Crippen MR) is 96.9 cm³/mol. The van der Waals surface area contributed by atoms with Gasteiger partial charge in [0.1, 0.15) is 0 Å². The minimum absolute atomic E-state index is 0.135. The van der Waals surface area contributed by atoms with Crippen LogP contribution in [0.5, 0.6) is 0 Å². The van der Waals surface area contributed by atoms with Gasteiger partial charge in [-0.2, -0.15) is 0 Å². The molecule has 4 nitrogen and oxygen atoms in total. The van der Waals surface area contributed by atoms with E-state index in [1.807, 2.05) is 13.8 Å². The molecule has 2 rings (SSSR count). The second kappa shape index (κ2) is 7.35. The van der Waals surface area contributed by atoms with Gasteiger partial charge in [0, 0.05) is 38.4 Å². The van der Waals surface area contributed by atoms with E-state index in [0.29, 0.717) is 5.92 Å². The van der Waals surface area contributed by atoms with E-state index in [2.05, 4.69) is 60.2 Å². The molecule has 0 spiro atoms. The van der Waals surface area contributed by atoms with E-state index in [1.54, 1.807) is 0 Å². The van der Waals surface area contributed by atoms with Gasteiger partial charge in [-0.05, 0) is 38.3 Å². The molecule has 128 valence electrons. The van der Waals surface area contributed by atoms with E-state index in [-0.39, 0.29) is 5.91 Å². The second-order valence-corrected chi connectivity index (χ2v) is 7.42. The van der Waals surface area contributed by atoms with E-state index in [1.165, 1.54) is 11.3 Å². The number of hydrogen-bond donors (Lipinski definition) is 1. The zero-order valence-corrected chi connectivity index (χ0v) is 15.2. The van der Waals surface area contributed by atoms with E-state index in [9.17, 15) is 4.79 Å². The third-order valence-corrected chi connectivity index (χ3v) is 4.75. The summed E-state index contributed by atoms with van der Waals surface area (Å²) in [4.78, 5) is 17.2. The first kappa shape index (κ1) is 17.8. The van der Waals surface area contributed by atoms with Crippen molar-refractivity contribution in [3.63, 3.8) is 0 Å². The van der Waals surface area contributed by atoms with Crippen molar-refractivity contribution in [1.82, 2.24) is 10.2 Å². The lowest BCUT2D eigenvalue weighted by atomic mass is 9.99. The maximum Gasteiger partial charge on any atom is 0.239 e. The summed E-state index contributed by atoms with van der Waals surface area (Å²) in [6, 6.07) is 8.52. The van der Waals surface area contributed by atoms with Crippen LogP contribution in [-0.2, 0) is 4.79 Å². The number of benzene rings is 1. The van der Waals surface area contributed by atoms with Crippen LogP contribution in [0.25, 0.3) is 0 Å². The molecule has 4 heteroatoms. The molecule has 1 aromatic rings. The van der Waals surface area contributed by atoms with Gasteiger partial charge in [0.2, 0.25) is 5.91 Å². The van der Waals surface area contributed by atoms with E-state index in [0.717, 1.165) is 32.7 Å². The Kier molecular flexibility index (Phi) is 5.69. The fraction of sp³-hybridized carbons (Fsp3) is 0.632. The zero-order valence-electron chi connectivity index (χ0n) is 15.2. The van der Waals surface area contributed by atoms with Crippen LogP contribution < -0.4 is 10.2 Å². The third-order valence-electron chi connectivity index (χ3n) is 4.75. The molecule has 0 unspecified atom stereocenters. The summed E-state index contributed by atoms with van der Waals surface area (Å²) >= 11 is 0. The van der Waals surface area contributed by atoms with Crippen molar-refractivity contribution in [2.24, 2.45) is 5.92 Å². The Bertz CT molecular complexity index is 531. The fourth-order valence-electron chi connectivity index (χ4n) is 3.08. The monoisotopic (exact) mass is 317 g/mol. The Morgan fingerprint density at radius 2 is 1.78 bits per heavy atom. The number of para-hydroxylation sites is 1. The van der Waals surface area contributed by atoms with E-state index < -0.39 is 5.54 Å². The Balaban J connectivity index is 1.95. The normalized spacial score (nSPS) is 16.7. The molecule has 0 radical (unpaired) electrons. The maximum atomic E-state index is 12.5. The Morgan fingerprint density at radius 3 is 2.35 bits per heavy atom. The molecule has 23 heavy (non-hydrogen) atoms. The minimum atomic E-state index is -0.452. The van der Waals surface area contributed by atoms with Crippen LogP contribution in [0, 0.1) is 12.8 Å². The quantitative estimate of drug-likeness (QED) is 0.907. The molecular formula is C19H31N3O. The summed E-state index contributed by atoms with van der Waals surface area (Å²) in [6.07, 6.45) is 0. The number of amides is 1. The third kappa shape index (κ3) is 4.25. The van der Waals surface area contributed by atoms with Crippen LogP contribution in [0.3, 0.4) is 0 Å². The lowest BCUT2D eigenvalue weighted by molar-refractivity contribution is -0.132. The number of piperazine rings is 1. The van der Waals surface area contributed by atoms with Crippen LogP contribution in [0.15, 0.2) is 24.3 Å². The molecule has 1 aliphatic heterocycles. The first-order valence-corrected chi connectivity index (χ1v) is 8.66. The van der Waals surface area contributed by atoms with Gasteiger partial charge < -0.3 is 10.2 Å². The van der Waals surface area contributed by atoms with Crippen LogP contribution in [0.1, 0.15) is 33.3 Å². The highest BCUT2D eigenvalue weighted by molar-refractivity contribution is 5.85. The molecule has 0 saturated carbocycles. The highest BCUT2D eigenvalue weighted by atomic mass is 16.2. The van der Waals surface area contributed by atoms with Crippen molar-refractivity contribution in [3.8, 4) is 0 Å². The topological polar surface area (TPSA) is 35.6 Å². The van der Waals surface area contributed by atoms with Gasteiger partial charge in [-0.1, -0.05) is 32.0 Å². The summed E-state index contributed by atoms with van der Waals surface area (Å²) in [7, 11) is 0. The molecule has 1 aromatic carbocycles. The van der Waals surface area contributed by atoms with Crippen molar-refractivity contribution in [2.45, 2.75) is 40.2 Å². The molecule has 1 N–H and O–H groups in total. The van der Waals surface area contributed by atoms with Gasteiger partial charge >= 0.3 is 0 Å². The second-order valence-electron chi connectivity index (χ2n) is 7.42. The molecule has 0 aromatic heterocycles. The standard InChI is InChI=1S/C19H31N3O/c1-15(2)14-20-18(23)19(4,5)22-12-10-21(11-13-22)17-9-7-6-8-16(17)3/h6-9,15H,10-14H2,1-5H3,(H,20,23). The van der Waals surface area contributed by atoms with Gasteiger partial charge in [-0.25, -0.2) is 0 Å². The van der Waals surface area contributed by atoms with Crippen LogP contribution in [0.4, 0.5) is 5.69 Å². The molecule has 1 saturated heterocycles. The maximum absolute atomic E-state index is 12.5. The van der Waals surface area contributed by atoms with Gasteiger partial charge in [0.25, 0.3) is 0 Å². The Hall–Kier alpha value is -1.55. The lowest BCUT2D eigenvalue weighted by Gasteiger charge is -2.44. The van der Waals surface area contributed by atoms with E-state index in [4.69, 9.17) is 0 Å². The van der Waals surface area contributed by atoms with Gasteiger partial charge in [-0.3, -0.25) is 9.69 Å². The highest BCUT2D eigenvalue weighted by Gasteiger charge is 2.36. The fourth-order valence-corrected chi connectivity index (χ4v) is 3.08. The van der Waals surface area contributed by atoms with E-state index >= 15 is 0 Å². The molecule has 1 aliphatic rings. The predicted octanol–water partition coefficient (Wildman–Crippen LogP) is 2.67. The van der Waals surface area contributed by atoms with Crippen molar-refractivity contribution in [3.05, 3.63) is 29.8 Å². The number of nitrogens with one attached hydrogen (secondary N) is 1. The van der Waals surface area contributed by atoms with Crippen LogP contribution >= 0.6 is 0 Å². The molecule has 1 fully saturated rings. The molecular weight excluding hydrogens is 286 g/mol. The number of nitrogens with zero attached hydrogens (tertiary/aromatic N) is 2. The van der Waals surface area contributed by atoms with Crippen molar-refractivity contribution >= 4 is 11.6 Å². The first-order chi connectivity index (χ1) is 10.8. The Morgan fingerprint density at radius 1 is 1.17 bits per heavy atom. The summed E-state index contributed by atoms with van der Waals surface area (Å²) in [5.41, 5.74) is 2.18. The van der Waals surface area contributed by atoms with Crippen molar-refractivity contribution < 1.29 is 4.79 Å². The smallest absolute Gasteiger partial charge is 0.239 e. The highest BCUT2D eigenvalue weighted by Crippen LogP contribution is 2.23. The molecule has 0 aliphatic carbocycles. The SMILES string of the molecule is Cc1ccccc1N1CCN(C(C)(C)C(=O)NCC(C)C)CC1. The van der Waals surface area contributed by atoms with Gasteiger partial charge in [0.05, 0.1) is 5.54 Å². The summed E-state index contributed by atoms with van der Waals surface area (Å²) in [5.74, 6) is 0.614. The lowest BCUT2D eigenvalue weighted by Crippen LogP contribution is -2.61. The number of anilines is 1. The number of rotatable bonds is 5. The van der Waals surface area contributed by atoms with Crippen molar-refractivity contribution in [1.29, 1.82) is 0 Å². The Labute approximate surface area is 140 Å². The number of hydrogen-bond acceptors (Lipinski definition) is 3. The average Bonchev–Trinajstić information content (AvgIpc) is 2.53. The summed E-state index contributed by atoms with van der Waals surface area (Å²) < 4.78 is 0. The van der Waals surface area contributed by atoms with Crippen LogP contribution in [-0.4, -0.2) is 49.1 Å². The first-order valence-electron chi connectivity index (χ1n) is 8.66. The minimum Gasteiger partial charge on any atom is -0.369 e. The average molecular weight is 317 g/mol. The van der Waals surface area contributed by atoms with Crippen LogP contribution in [0.2, 0.25) is 0 Å². The molecule has 0 atom stereocenters. The largest absolute Gasteiger partial charge is 0.369 e. The van der Waals surface area contributed by atoms with Gasteiger partial charge in [0.15, 0.2) is 0 Å². The summed E-state index contributed by atoms with van der Waals surface area (Å²) in [6.45, 7) is 15.0. The zero-order chi connectivity index (χ0) is 17.0. The number of carbonyl (C=O) groups is 1. The summed E-state index contributed by atoms with van der Waals surface area (Å²) in [5, 5.41) is 3.08. The number of carbonyl (C=O) groups excluding carboxylic acids is 1. The molecule has 1 amide bonds. The number of aryl methyl sites for hydroxylation is 1. The molecule has 0 bridgehead atoms.